The lowest BCUT2D eigenvalue weighted by Gasteiger charge is -2.34. The van der Waals surface area contributed by atoms with Crippen LogP contribution in [0.5, 0.6) is 0 Å². The first-order valence-electron chi connectivity index (χ1n) is 5.94. The van der Waals surface area contributed by atoms with Crippen molar-refractivity contribution < 1.29 is 18.0 Å². The quantitative estimate of drug-likeness (QED) is 0.793. The number of amides is 1. The third kappa shape index (κ3) is 3.48. The molecular formula is C12H19F3N2O. The molecule has 1 aliphatic rings. The number of hydrogen-bond donors (Lipinski definition) is 1. The lowest BCUT2D eigenvalue weighted by molar-refractivity contribution is -0.141. The average Bonchev–Trinajstić information content (AvgIpc) is 2.27. The molecule has 0 fully saturated rings. The molecule has 0 atom stereocenters. The molecule has 104 valence electrons. The molecule has 0 aromatic rings. The van der Waals surface area contributed by atoms with Gasteiger partial charge >= 0.3 is 6.18 Å². The van der Waals surface area contributed by atoms with Gasteiger partial charge in [-0.15, -0.1) is 0 Å². The maximum atomic E-state index is 12.4. The molecule has 1 rings (SSSR count). The van der Waals surface area contributed by atoms with Crippen LogP contribution >= 0.6 is 0 Å². The van der Waals surface area contributed by atoms with Crippen molar-refractivity contribution in [1.29, 1.82) is 0 Å². The summed E-state index contributed by atoms with van der Waals surface area (Å²) in [5.74, 6) is -0.134. The van der Waals surface area contributed by atoms with Crippen molar-refractivity contribution in [2.45, 2.75) is 32.9 Å². The second-order valence-corrected chi connectivity index (χ2v) is 5.15. The van der Waals surface area contributed by atoms with Crippen molar-refractivity contribution in [3.05, 3.63) is 11.6 Å². The fourth-order valence-electron chi connectivity index (χ4n) is 2.01. The number of carbonyl (C=O) groups is 1. The van der Waals surface area contributed by atoms with E-state index in [9.17, 15) is 18.0 Å². The first-order chi connectivity index (χ1) is 8.18. The van der Waals surface area contributed by atoms with Gasteiger partial charge in [0, 0.05) is 24.1 Å². The fourth-order valence-corrected chi connectivity index (χ4v) is 2.01. The number of hydrogen-bond acceptors (Lipinski definition) is 2. The molecule has 0 unspecified atom stereocenters. The summed E-state index contributed by atoms with van der Waals surface area (Å²) in [5.41, 5.74) is 4.28. The lowest BCUT2D eigenvalue weighted by atomic mass is 9.87. The number of alkyl halides is 3. The number of nitrogens with two attached hydrogens (primary N) is 1. The summed E-state index contributed by atoms with van der Waals surface area (Å²) >= 11 is 0. The highest BCUT2D eigenvalue weighted by molar-refractivity contribution is 5.82. The molecule has 0 bridgehead atoms. The number of carbonyl (C=O) groups excluding carboxylic acids is 1. The molecule has 0 saturated carbocycles. The van der Waals surface area contributed by atoms with E-state index < -0.39 is 17.2 Å². The van der Waals surface area contributed by atoms with E-state index >= 15 is 0 Å². The molecule has 0 aromatic heterocycles. The second kappa shape index (κ2) is 5.30. The molecule has 1 heterocycles. The zero-order chi connectivity index (χ0) is 14.0. The summed E-state index contributed by atoms with van der Waals surface area (Å²) in [6.45, 7) is 4.08. The van der Waals surface area contributed by atoms with Gasteiger partial charge in [-0.1, -0.05) is 19.9 Å². The van der Waals surface area contributed by atoms with Gasteiger partial charge in [-0.25, -0.2) is 0 Å². The summed E-state index contributed by atoms with van der Waals surface area (Å²) in [7, 11) is 0. The van der Waals surface area contributed by atoms with Gasteiger partial charge in [0.2, 0.25) is 5.91 Å². The first kappa shape index (κ1) is 15.0. The van der Waals surface area contributed by atoms with Gasteiger partial charge in [-0.3, -0.25) is 4.79 Å². The Labute approximate surface area is 105 Å². The maximum absolute atomic E-state index is 12.4. The minimum Gasteiger partial charge on any atom is -0.338 e. The Balaban J connectivity index is 2.69. The van der Waals surface area contributed by atoms with Crippen LogP contribution in [-0.4, -0.2) is 36.6 Å². The molecule has 18 heavy (non-hydrogen) atoms. The van der Waals surface area contributed by atoms with Crippen LogP contribution in [0.2, 0.25) is 0 Å². The van der Waals surface area contributed by atoms with Crippen LogP contribution in [0.1, 0.15) is 26.7 Å². The molecule has 0 aromatic carbocycles. The Morgan fingerprint density at radius 1 is 1.44 bits per heavy atom. The molecule has 6 heteroatoms. The SMILES string of the molecule is CC(C)(CCN)C(=O)N1CC=C(C(F)(F)F)CC1. The monoisotopic (exact) mass is 264 g/mol. The van der Waals surface area contributed by atoms with Crippen molar-refractivity contribution in [2.75, 3.05) is 19.6 Å². The van der Waals surface area contributed by atoms with Crippen LogP contribution in [0.3, 0.4) is 0 Å². The van der Waals surface area contributed by atoms with E-state index in [0.717, 1.165) is 6.08 Å². The Morgan fingerprint density at radius 2 is 2.06 bits per heavy atom. The molecule has 0 saturated heterocycles. The van der Waals surface area contributed by atoms with Crippen molar-refractivity contribution in [3.8, 4) is 0 Å². The minimum absolute atomic E-state index is 0.0294. The van der Waals surface area contributed by atoms with Crippen molar-refractivity contribution >= 4 is 5.91 Å². The van der Waals surface area contributed by atoms with Crippen LogP contribution in [0.15, 0.2) is 11.6 Å². The van der Waals surface area contributed by atoms with Gasteiger partial charge in [-0.2, -0.15) is 13.2 Å². The van der Waals surface area contributed by atoms with E-state index in [2.05, 4.69) is 0 Å². The maximum Gasteiger partial charge on any atom is 0.412 e. The van der Waals surface area contributed by atoms with Gasteiger partial charge in [0.25, 0.3) is 0 Å². The summed E-state index contributed by atoms with van der Waals surface area (Å²) in [4.78, 5) is 13.6. The van der Waals surface area contributed by atoms with E-state index in [-0.39, 0.29) is 25.4 Å². The molecule has 0 aliphatic carbocycles. The van der Waals surface area contributed by atoms with Gasteiger partial charge in [-0.05, 0) is 19.4 Å². The van der Waals surface area contributed by atoms with Gasteiger partial charge in [0.1, 0.15) is 0 Å². The number of halogens is 3. The Bertz CT molecular complexity index is 348. The molecule has 1 aliphatic heterocycles. The molecule has 0 spiro atoms. The number of rotatable bonds is 3. The predicted octanol–water partition coefficient (Wildman–Crippen LogP) is 2.08. The van der Waals surface area contributed by atoms with E-state index in [1.807, 2.05) is 0 Å². The van der Waals surface area contributed by atoms with Crippen LogP contribution in [0.4, 0.5) is 13.2 Å². The van der Waals surface area contributed by atoms with Gasteiger partial charge in [0.15, 0.2) is 0 Å². The Kier molecular flexibility index (Phi) is 4.42. The molecular weight excluding hydrogens is 245 g/mol. The van der Waals surface area contributed by atoms with E-state index in [1.165, 1.54) is 4.90 Å². The van der Waals surface area contributed by atoms with Gasteiger partial charge < -0.3 is 10.6 Å². The highest BCUT2D eigenvalue weighted by Crippen LogP contribution is 2.31. The minimum atomic E-state index is -4.28. The summed E-state index contributed by atoms with van der Waals surface area (Å²) < 4.78 is 37.3. The Hall–Kier alpha value is -1.04. The standard InChI is InChI=1S/C12H19F3N2O/c1-11(2,5-6-16)10(18)17-7-3-9(4-8-17)12(13,14)15/h3H,4-8,16H2,1-2H3. The predicted molar refractivity (Wildman–Crippen MR) is 62.8 cm³/mol. The topological polar surface area (TPSA) is 46.3 Å². The highest BCUT2D eigenvalue weighted by Gasteiger charge is 2.37. The van der Waals surface area contributed by atoms with Crippen molar-refractivity contribution in [3.63, 3.8) is 0 Å². The normalized spacial score (nSPS) is 17.7. The largest absolute Gasteiger partial charge is 0.412 e. The van der Waals surface area contributed by atoms with Crippen LogP contribution in [-0.2, 0) is 4.79 Å². The van der Waals surface area contributed by atoms with Gasteiger partial charge in [0.05, 0.1) is 0 Å². The van der Waals surface area contributed by atoms with E-state index in [0.29, 0.717) is 13.0 Å². The zero-order valence-corrected chi connectivity index (χ0v) is 10.7. The third-order valence-corrected chi connectivity index (χ3v) is 3.21. The lowest BCUT2D eigenvalue weighted by Crippen LogP contribution is -2.44. The third-order valence-electron chi connectivity index (χ3n) is 3.21. The summed E-state index contributed by atoms with van der Waals surface area (Å²) in [6, 6.07) is 0. The molecule has 1 amide bonds. The molecule has 3 nitrogen and oxygen atoms in total. The molecule has 2 N–H and O–H groups in total. The summed E-state index contributed by atoms with van der Waals surface area (Å²) in [6.07, 6.45) is -2.78. The van der Waals surface area contributed by atoms with Crippen LogP contribution in [0.25, 0.3) is 0 Å². The smallest absolute Gasteiger partial charge is 0.338 e. The highest BCUT2D eigenvalue weighted by atomic mass is 19.4. The Morgan fingerprint density at radius 3 is 2.44 bits per heavy atom. The molecule has 0 radical (unpaired) electrons. The average molecular weight is 264 g/mol. The summed E-state index contributed by atoms with van der Waals surface area (Å²) in [5, 5.41) is 0. The second-order valence-electron chi connectivity index (χ2n) is 5.15. The fraction of sp³-hybridized carbons (Fsp3) is 0.750. The van der Waals surface area contributed by atoms with Crippen LogP contribution < -0.4 is 5.73 Å². The number of nitrogens with zero attached hydrogens (tertiary/aromatic N) is 1. The van der Waals surface area contributed by atoms with Crippen LogP contribution in [0, 0.1) is 5.41 Å². The van der Waals surface area contributed by atoms with Crippen molar-refractivity contribution in [1.82, 2.24) is 4.90 Å². The first-order valence-corrected chi connectivity index (χ1v) is 5.94. The van der Waals surface area contributed by atoms with Crippen molar-refractivity contribution in [2.24, 2.45) is 11.1 Å². The van der Waals surface area contributed by atoms with E-state index in [4.69, 9.17) is 5.73 Å². The van der Waals surface area contributed by atoms with E-state index in [1.54, 1.807) is 13.8 Å². The zero-order valence-electron chi connectivity index (χ0n) is 10.7.